The van der Waals surface area contributed by atoms with Crippen LogP contribution in [0.1, 0.15) is 37.1 Å². The molecule has 2 heterocycles. The number of nitrogens with zero attached hydrogens (tertiary/aromatic N) is 2. The molecule has 1 saturated heterocycles. The maximum absolute atomic E-state index is 4.39. The van der Waals surface area contributed by atoms with Crippen molar-refractivity contribution < 1.29 is 0 Å². The predicted octanol–water partition coefficient (Wildman–Crippen LogP) is 2.99. The van der Waals surface area contributed by atoms with Gasteiger partial charge in [0.2, 0.25) is 0 Å². The van der Waals surface area contributed by atoms with Gasteiger partial charge in [-0.15, -0.1) is 0 Å². The van der Waals surface area contributed by atoms with E-state index < -0.39 is 0 Å². The average Bonchev–Trinajstić information content (AvgIpc) is 2.35. The standard InChI is InChI=1S/C15H25N3/c1-13-11-15(12-14(2)17-13)16-7-6-10-18-8-4-3-5-9-18/h11-12H,3-10H2,1-2H3,(H,16,17). The summed E-state index contributed by atoms with van der Waals surface area (Å²) >= 11 is 0. The molecule has 1 N–H and O–H groups in total. The van der Waals surface area contributed by atoms with Gasteiger partial charge in [0.05, 0.1) is 0 Å². The van der Waals surface area contributed by atoms with E-state index in [0.717, 1.165) is 17.9 Å². The molecule has 0 amide bonds. The Labute approximate surface area is 111 Å². The predicted molar refractivity (Wildman–Crippen MR) is 77.1 cm³/mol. The lowest BCUT2D eigenvalue weighted by Crippen LogP contribution is -2.31. The topological polar surface area (TPSA) is 28.2 Å². The SMILES string of the molecule is Cc1cc(NCCCN2CCCCC2)cc(C)n1. The van der Waals surface area contributed by atoms with Gasteiger partial charge in [-0.2, -0.15) is 0 Å². The fourth-order valence-corrected chi connectivity index (χ4v) is 2.65. The Morgan fingerprint density at radius 3 is 2.44 bits per heavy atom. The lowest BCUT2D eigenvalue weighted by Gasteiger charge is -2.26. The van der Waals surface area contributed by atoms with Crippen molar-refractivity contribution >= 4 is 5.69 Å². The monoisotopic (exact) mass is 247 g/mol. The van der Waals surface area contributed by atoms with E-state index in [9.17, 15) is 0 Å². The minimum atomic E-state index is 1.05. The van der Waals surface area contributed by atoms with Crippen LogP contribution < -0.4 is 5.32 Å². The number of likely N-dealkylation sites (tertiary alicyclic amines) is 1. The molecule has 18 heavy (non-hydrogen) atoms. The third kappa shape index (κ3) is 4.30. The molecule has 0 saturated carbocycles. The lowest BCUT2D eigenvalue weighted by atomic mass is 10.1. The van der Waals surface area contributed by atoms with Crippen LogP contribution in [0.2, 0.25) is 0 Å². The Hall–Kier alpha value is -1.09. The molecule has 0 spiro atoms. The number of nitrogens with one attached hydrogen (secondary N) is 1. The van der Waals surface area contributed by atoms with Gasteiger partial charge < -0.3 is 10.2 Å². The Kier molecular flexibility index (Phi) is 5.00. The zero-order valence-electron chi connectivity index (χ0n) is 11.7. The first-order valence-corrected chi connectivity index (χ1v) is 7.15. The second-order valence-electron chi connectivity index (χ2n) is 5.32. The summed E-state index contributed by atoms with van der Waals surface area (Å²) in [6.45, 7) is 8.98. The number of piperidine rings is 1. The lowest BCUT2D eigenvalue weighted by molar-refractivity contribution is 0.228. The molecule has 0 unspecified atom stereocenters. The third-order valence-corrected chi connectivity index (χ3v) is 3.51. The highest BCUT2D eigenvalue weighted by Crippen LogP contribution is 2.11. The number of pyridine rings is 1. The van der Waals surface area contributed by atoms with Crippen LogP contribution in [-0.2, 0) is 0 Å². The van der Waals surface area contributed by atoms with Crippen molar-refractivity contribution in [3.05, 3.63) is 23.5 Å². The van der Waals surface area contributed by atoms with Gasteiger partial charge in [0.1, 0.15) is 0 Å². The van der Waals surface area contributed by atoms with E-state index in [1.54, 1.807) is 0 Å². The molecule has 1 fully saturated rings. The number of hydrogen-bond acceptors (Lipinski definition) is 3. The van der Waals surface area contributed by atoms with Crippen LogP contribution in [0.5, 0.6) is 0 Å². The van der Waals surface area contributed by atoms with Crippen molar-refractivity contribution in [2.75, 3.05) is 31.5 Å². The second-order valence-corrected chi connectivity index (χ2v) is 5.32. The second kappa shape index (κ2) is 6.74. The maximum atomic E-state index is 4.39. The summed E-state index contributed by atoms with van der Waals surface area (Å²) in [6.07, 6.45) is 5.41. The van der Waals surface area contributed by atoms with Gasteiger partial charge in [0.15, 0.2) is 0 Å². The first kappa shape index (κ1) is 13.3. The maximum Gasteiger partial charge on any atom is 0.0396 e. The van der Waals surface area contributed by atoms with Crippen molar-refractivity contribution in [2.24, 2.45) is 0 Å². The van der Waals surface area contributed by atoms with E-state index in [-0.39, 0.29) is 0 Å². The highest BCUT2D eigenvalue weighted by Gasteiger charge is 2.08. The molecule has 0 atom stereocenters. The molecule has 3 nitrogen and oxygen atoms in total. The van der Waals surface area contributed by atoms with Crippen molar-refractivity contribution in [1.29, 1.82) is 0 Å². The van der Waals surface area contributed by atoms with E-state index in [4.69, 9.17) is 0 Å². The van der Waals surface area contributed by atoms with Crippen LogP contribution in [0.25, 0.3) is 0 Å². The van der Waals surface area contributed by atoms with E-state index in [1.165, 1.54) is 51.0 Å². The number of hydrogen-bond donors (Lipinski definition) is 1. The quantitative estimate of drug-likeness (QED) is 0.811. The summed E-state index contributed by atoms with van der Waals surface area (Å²) in [4.78, 5) is 6.98. The van der Waals surface area contributed by atoms with E-state index in [0.29, 0.717) is 0 Å². The molecule has 2 rings (SSSR count). The Morgan fingerprint density at radius 2 is 1.78 bits per heavy atom. The molecule has 0 aromatic carbocycles. The molecule has 1 aliphatic rings. The first-order chi connectivity index (χ1) is 8.74. The fourth-order valence-electron chi connectivity index (χ4n) is 2.65. The van der Waals surface area contributed by atoms with Gasteiger partial charge in [0.25, 0.3) is 0 Å². The van der Waals surface area contributed by atoms with Gasteiger partial charge >= 0.3 is 0 Å². The molecular formula is C15H25N3. The summed E-state index contributed by atoms with van der Waals surface area (Å²) in [5, 5.41) is 3.50. The fraction of sp³-hybridized carbons (Fsp3) is 0.667. The number of aryl methyl sites for hydroxylation is 2. The summed E-state index contributed by atoms with van der Waals surface area (Å²) in [7, 11) is 0. The average molecular weight is 247 g/mol. The molecule has 3 heteroatoms. The first-order valence-electron chi connectivity index (χ1n) is 7.15. The van der Waals surface area contributed by atoms with Crippen LogP contribution >= 0.6 is 0 Å². The summed E-state index contributed by atoms with van der Waals surface area (Å²) < 4.78 is 0. The Morgan fingerprint density at radius 1 is 1.11 bits per heavy atom. The van der Waals surface area contributed by atoms with Gasteiger partial charge in [0, 0.05) is 23.6 Å². The molecule has 100 valence electrons. The molecule has 1 aromatic heterocycles. The molecule has 1 aromatic rings. The molecular weight excluding hydrogens is 222 g/mol. The van der Waals surface area contributed by atoms with Crippen LogP contribution in [0.3, 0.4) is 0 Å². The highest BCUT2D eigenvalue weighted by atomic mass is 15.1. The van der Waals surface area contributed by atoms with E-state index in [2.05, 4.69) is 27.3 Å². The normalized spacial score (nSPS) is 16.8. The molecule has 0 aliphatic carbocycles. The summed E-state index contributed by atoms with van der Waals surface area (Å²) in [5.41, 5.74) is 3.39. The number of rotatable bonds is 5. The largest absolute Gasteiger partial charge is 0.385 e. The zero-order valence-corrected chi connectivity index (χ0v) is 11.7. The zero-order chi connectivity index (χ0) is 12.8. The van der Waals surface area contributed by atoms with E-state index in [1.807, 2.05) is 13.8 Å². The Balaban J connectivity index is 1.68. The van der Waals surface area contributed by atoms with Crippen molar-refractivity contribution in [3.63, 3.8) is 0 Å². The van der Waals surface area contributed by atoms with Crippen LogP contribution in [0.15, 0.2) is 12.1 Å². The highest BCUT2D eigenvalue weighted by molar-refractivity contribution is 5.44. The van der Waals surface area contributed by atoms with Crippen LogP contribution in [-0.4, -0.2) is 36.1 Å². The summed E-state index contributed by atoms with van der Waals surface area (Å²) in [5.74, 6) is 0. The van der Waals surface area contributed by atoms with Crippen LogP contribution in [0, 0.1) is 13.8 Å². The smallest absolute Gasteiger partial charge is 0.0396 e. The van der Waals surface area contributed by atoms with Gasteiger partial charge in [-0.3, -0.25) is 4.98 Å². The van der Waals surface area contributed by atoms with Crippen molar-refractivity contribution in [2.45, 2.75) is 39.5 Å². The Bertz CT molecular complexity index is 350. The van der Waals surface area contributed by atoms with Gasteiger partial charge in [-0.05, 0) is 64.9 Å². The van der Waals surface area contributed by atoms with Crippen molar-refractivity contribution in [3.8, 4) is 0 Å². The summed E-state index contributed by atoms with van der Waals surface area (Å²) in [6, 6.07) is 4.24. The minimum Gasteiger partial charge on any atom is -0.385 e. The molecule has 0 radical (unpaired) electrons. The number of anilines is 1. The van der Waals surface area contributed by atoms with Gasteiger partial charge in [-0.25, -0.2) is 0 Å². The third-order valence-electron chi connectivity index (χ3n) is 3.51. The minimum absolute atomic E-state index is 1.05. The van der Waals surface area contributed by atoms with Gasteiger partial charge in [-0.1, -0.05) is 6.42 Å². The van der Waals surface area contributed by atoms with Crippen molar-refractivity contribution in [1.82, 2.24) is 9.88 Å². The molecule has 0 bridgehead atoms. The number of aromatic nitrogens is 1. The van der Waals surface area contributed by atoms with E-state index >= 15 is 0 Å². The van der Waals surface area contributed by atoms with Crippen LogP contribution in [0.4, 0.5) is 5.69 Å². The molecule has 1 aliphatic heterocycles.